The molecule has 18 heavy (non-hydrogen) atoms. The summed E-state index contributed by atoms with van der Waals surface area (Å²) >= 11 is 0. The van der Waals surface area contributed by atoms with Gasteiger partial charge in [-0.2, -0.15) is 0 Å². The van der Waals surface area contributed by atoms with Crippen LogP contribution in [0.3, 0.4) is 0 Å². The molecule has 0 aliphatic rings. The predicted molar refractivity (Wildman–Crippen MR) is 70.9 cm³/mol. The van der Waals surface area contributed by atoms with Crippen LogP contribution in [0.4, 0.5) is 5.69 Å². The maximum atomic E-state index is 12.0. The van der Waals surface area contributed by atoms with Crippen LogP contribution < -0.4 is 16.8 Å². The molecule has 0 aliphatic heterocycles. The van der Waals surface area contributed by atoms with Crippen LogP contribution in [-0.2, 0) is 4.79 Å². The van der Waals surface area contributed by atoms with E-state index in [1.807, 2.05) is 20.8 Å². The summed E-state index contributed by atoms with van der Waals surface area (Å²) in [6, 6.07) is 4.33. The highest BCUT2D eigenvalue weighted by atomic mass is 16.2. The van der Waals surface area contributed by atoms with Crippen molar-refractivity contribution in [2.45, 2.75) is 26.8 Å². The van der Waals surface area contributed by atoms with Gasteiger partial charge >= 0.3 is 0 Å². The lowest BCUT2D eigenvalue weighted by Gasteiger charge is -2.19. The fraction of sp³-hybridized carbons (Fsp3) is 0.385. The van der Waals surface area contributed by atoms with E-state index in [4.69, 9.17) is 11.5 Å². The van der Waals surface area contributed by atoms with Gasteiger partial charge in [0.1, 0.15) is 6.04 Å². The molecule has 5 heteroatoms. The van der Waals surface area contributed by atoms with Crippen LogP contribution >= 0.6 is 0 Å². The average molecular weight is 249 g/mol. The quantitative estimate of drug-likeness (QED) is 0.689. The Morgan fingerprint density at radius 3 is 2.33 bits per heavy atom. The molecule has 0 fully saturated rings. The Morgan fingerprint density at radius 1 is 1.28 bits per heavy atom. The molecule has 0 heterocycles. The molecule has 0 radical (unpaired) electrons. The first-order valence-corrected chi connectivity index (χ1v) is 5.79. The standard InChI is InChI=1S/C13H19N3O2/c1-7(2)11(12(15)17)16-13(18)9-5-4-8(3)10(14)6-9/h4-7,11H,14H2,1-3H3,(H2,15,17)(H,16,18). The zero-order valence-electron chi connectivity index (χ0n) is 10.9. The molecular weight excluding hydrogens is 230 g/mol. The van der Waals surface area contributed by atoms with Crippen molar-refractivity contribution in [1.82, 2.24) is 5.32 Å². The second-order valence-corrected chi connectivity index (χ2v) is 4.67. The number of nitrogen functional groups attached to an aromatic ring is 1. The molecule has 0 saturated carbocycles. The molecule has 1 atom stereocenters. The summed E-state index contributed by atoms with van der Waals surface area (Å²) in [5.41, 5.74) is 12.8. The van der Waals surface area contributed by atoms with E-state index in [-0.39, 0.29) is 11.8 Å². The first-order valence-electron chi connectivity index (χ1n) is 5.79. The molecule has 1 unspecified atom stereocenters. The summed E-state index contributed by atoms with van der Waals surface area (Å²) < 4.78 is 0. The Bertz CT molecular complexity index is 469. The van der Waals surface area contributed by atoms with Gasteiger partial charge in [-0.05, 0) is 30.5 Å². The van der Waals surface area contributed by atoms with E-state index < -0.39 is 11.9 Å². The van der Waals surface area contributed by atoms with E-state index >= 15 is 0 Å². The highest BCUT2D eigenvalue weighted by molar-refractivity contribution is 5.98. The minimum Gasteiger partial charge on any atom is -0.398 e. The smallest absolute Gasteiger partial charge is 0.252 e. The van der Waals surface area contributed by atoms with Crippen LogP contribution in [0.2, 0.25) is 0 Å². The van der Waals surface area contributed by atoms with Crippen molar-refractivity contribution in [3.05, 3.63) is 29.3 Å². The van der Waals surface area contributed by atoms with Gasteiger partial charge in [0.15, 0.2) is 0 Å². The highest BCUT2D eigenvalue weighted by Crippen LogP contribution is 2.13. The van der Waals surface area contributed by atoms with Crippen LogP contribution in [0.25, 0.3) is 0 Å². The Balaban J connectivity index is 2.87. The predicted octanol–water partition coefficient (Wildman–Crippen LogP) is 0.817. The molecular formula is C13H19N3O2. The SMILES string of the molecule is Cc1ccc(C(=O)NC(C(N)=O)C(C)C)cc1N. The number of anilines is 1. The number of carbonyl (C=O) groups excluding carboxylic acids is 2. The van der Waals surface area contributed by atoms with Gasteiger partial charge in [0.2, 0.25) is 5.91 Å². The van der Waals surface area contributed by atoms with Gasteiger partial charge in [0.05, 0.1) is 0 Å². The third kappa shape index (κ3) is 3.23. The largest absolute Gasteiger partial charge is 0.398 e. The summed E-state index contributed by atoms with van der Waals surface area (Å²) in [5.74, 6) is -0.952. The van der Waals surface area contributed by atoms with Crippen molar-refractivity contribution >= 4 is 17.5 Å². The minimum atomic E-state index is -0.681. The first-order chi connectivity index (χ1) is 8.32. The van der Waals surface area contributed by atoms with Crippen molar-refractivity contribution in [3.63, 3.8) is 0 Å². The Kier molecular flexibility index (Phi) is 4.31. The summed E-state index contributed by atoms with van der Waals surface area (Å²) in [7, 11) is 0. The summed E-state index contributed by atoms with van der Waals surface area (Å²) in [6.07, 6.45) is 0. The van der Waals surface area contributed by atoms with Gasteiger partial charge in [-0.25, -0.2) is 0 Å². The van der Waals surface area contributed by atoms with Gasteiger partial charge in [0, 0.05) is 11.3 Å². The maximum absolute atomic E-state index is 12.0. The van der Waals surface area contributed by atoms with Gasteiger partial charge in [-0.1, -0.05) is 19.9 Å². The molecule has 1 rings (SSSR count). The number of hydrogen-bond donors (Lipinski definition) is 3. The number of aryl methyl sites for hydroxylation is 1. The Morgan fingerprint density at radius 2 is 1.89 bits per heavy atom. The van der Waals surface area contributed by atoms with Crippen molar-refractivity contribution in [2.24, 2.45) is 11.7 Å². The van der Waals surface area contributed by atoms with E-state index in [9.17, 15) is 9.59 Å². The normalized spacial score (nSPS) is 12.2. The number of nitrogens with one attached hydrogen (secondary N) is 1. The lowest BCUT2D eigenvalue weighted by Crippen LogP contribution is -2.47. The Labute approximate surface area is 107 Å². The van der Waals surface area contributed by atoms with Gasteiger partial charge in [-0.3, -0.25) is 9.59 Å². The lowest BCUT2D eigenvalue weighted by molar-refractivity contribution is -0.120. The number of amides is 2. The van der Waals surface area contributed by atoms with Crippen molar-refractivity contribution in [2.75, 3.05) is 5.73 Å². The number of primary amides is 1. The molecule has 5 nitrogen and oxygen atoms in total. The third-order valence-corrected chi connectivity index (χ3v) is 2.80. The third-order valence-electron chi connectivity index (χ3n) is 2.80. The second-order valence-electron chi connectivity index (χ2n) is 4.67. The van der Waals surface area contributed by atoms with Gasteiger partial charge in [-0.15, -0.1) is 0 Å². The average Bonchev–Trinajstić information content (AvgIpc) is 2.28. The topological polar surface area (TPSA) is 98.2 Å². The number of hydrogen-bond acceptors (Lipinski definition) is 3. The highest BCUT2D eigenvalue weighted by Gasteiger charge is 2.22. The second kappa shape index (κ2) is 5.53. The minimum absolute atomic E-state index is 0.0609. The van der Waals surface area contributed by atoms with E-state index in [1.165, 1.54) is 0 Å². The lowest BCUT2D eigenvalue weighted by atomic mass is 10.0. The molecule has 5 N–H and O–H groups in total. The Hall–Kier alpha value is -2.04. The molecule has 0 saturated heterocycles. The van der Waals surface area contributed by atoms with Crippen LogP contribution in [0.5, 0.6) is 0 Å². The first kappa shape index (κ1) is 14.0. The van der Waals surface area contributed by atoms with E-state index in [2.05, 4.69) is 5.32 Å². The number of benzene rings is 1. The fourth-order valence-corrected chi connectivity index (χ4v) is 1.57. The number of carbonyl (C=O) groups is 2. The number of nitrogens with two attached hydrogens (primary N) is 2. The summed E-state index contributed by atoms with van der Waals surface area (Å²) in [4.78, 5) is 23.2. The molecule has 0 aliphatic carbocycles. The molecule has 0 spiro atoms. The van der Waals surface area contributed by atoms with Gasteiger partial charge in [0.25, 0.3) is 5.91 Å². The monoisotopic (exact) mass is 249 g/mol. The summed E-state index contributed by atoms with van der Waals surface area (Å²) in [5, 5.41) is 2.61. The van der Waals surface area contributed by atoms with Crippen LogP contribution in [0, 0.1) is 12.8 Å². The molecule has 0 aromatic heterocycles. The molecule has 2 amide bonds. The van der Waals surface area contributed by atoms with Crippen molar-refractivity contribution in [1.29, 1.82) is 0 Å². The van der Waals surface area contributed by atoms with Gasteiger partial charge < -0.3 is 16.8 Å². The van der Waals surface area contributed by atoms with Crippen LogP contribution in [0.1, 0.15) is 29.8 Å². The van der Waals surface area contributed by atoms with E-state index in [0.29, 0.717) is 11.3 Å². The van der Waals surface area contributed by atoms with E-state index in [1.54, 1.807) is 18.2 Å². The fourth-order valence-electron chi connectivity index (χ4n) is 1.57. The number of rotatable bonds is 4. The maximum Gasteiger partial charge on any atom is 0.252 e. The molecule has 0 bridgehead atoms. The summed E-state index contributed by atoms with van der Waals surface area (Å²) in [6.45, 7) is 5.50. The van der Waals surface area contributed by atoms with Crippen LogP contribution in [-0.4, -0.2) is 17.9 Å². The molecule has 98 valence electrons. The van der Waals surface area contributed by atoms with Crippen molar-refractivity contribution in [3.8, 4) is 0 Å². The van der Waals surface area contributed by atoms with Crippen LogP contribution in [0.15, 0.2) is 18.2 Å². The molecule has 1 aromatic carbocycles. The molecule has 1 aromatic rings. The van der Waals surface area contributed by atoms with E-state index in [0.717, 1.165) is 5.56 Å². The zero-order valence-corrected chi connectivity index (χ0v) is 10.9. The zero-order chi connectivity index (χ0) is 13.9. The van der Waals surface area contributed by atoms with Crippen molar-refractivity contribution < 1.29 is 9.59 Å².